The number of hydrogen-bond donors (Lipinski definition) is 1. The summed E-state index contributed by atoms with van der Waals surface area (Å²) in [4.78, 5) is 10.5. The lowest BCUT2D eigenvalue weighted by atomic mass is 9.78. The predicted molar refractivity (Wildman–Crippen MR) is 48.0 cm³/mol. The zero-order valence-corrected chi connectivity index (χ0v) is 7.51. The molecular weight excluding hydrogens is 150 g/mol. The molecule has 2 nitrogen and oxygen atoms in total. The molecule has 1 saturated carbocycles. The molecule has 2 rings (SSSR count). The van der Waals surface area contributed by atoms with Crippen LogP contribution in [0.25, 0.3) is 0 Å². The van der Waals surface area contributed by atoms with Crippen LogP contribution in [0.15, 0.2) is 0 Å². The van der Waals surface area contributed by atoms with Crippen LogP contribution < -0.4 is 5.32 Å². The summed E-state index contributed by atoms with van der Waals surface area (Å²) in [6.07, 6.45) is 8.53. The highest BCUT2D eigenvalue weighted by Gasteiger charge is 2.43. The lowest BCUT2D eigenvalue weighted by Crippen LogP contribution is -2.34. The Bertz CT molecular complexity index is 167. The van der Waals surface area contributed by atoms with Crippen molar-refractivity contribution >= 4 is 6.29 Å². The van der Waals surface area contributed by atoms with Crippen molar-refractivity contribution in [2.75, 3.05) is 6.54 Å². The van der Waals surface area contributed by atoms with Crippen molar-refractivity contribution in [3.63, 3.8) is 0 Å². The number of carbonyl (C=O) groups is 1. The molecule has 2 fully saturated rings. The Balaban J connectivity index is 2.06. The molecule has 0 aromatic heterocycles. The molecule has 1 saturated heterocycles. The third-order valence-corrected chi connectivity index (χ3v) is 3.68. The molecule has 0 bridgehead atoms. The summed E-state index contributed by atoms with van der Waals surface area (Å²) in [6, 6.07) is 0.498. The van der Waals surface area contributed by atoms with Crippen molar-refractivity contribution in [1.29, 1.82) is 0 Å². The minimum atomic E-state index is 0.498. The van der Waals surface area contributed by atoms with Gasteiger partial charge in [0.15, 0.2) is 0 Å². The quantitative estimate of drug-likeness (QED) is 0.631. The standard InChI is InChI=1S/C10H17NO/c12-8-3-9-10(6-7-11-9)4-1-2-5-10/h8-9,11H,1-7H2/t9-/m1/s1. The molecule has 1 atom stereocenters. The topological polar surface area (TPSA) is 29.1 Å². The molecule has 1 heterocycles. The number of carbonyl (C=O) groups excluding carboxylic acids is 1. The van der Waals surface area contributed by atoms with E-state index in [0.717, 1.165) is 19.3 Å². The van der Waals surface area contributed by atoms with Crippen LogP contribution in [-0.4, -0.2) is 18.9 Å². The minimum Gasteiger partial charge on any atom is -0.313 e. The van der Waals surface area contributed by atoms with Crippen molar-refractivity contribution < 1.29 is 4.79 Å². The summed E-state index contributed by atoms with van der Waals surface area (Å²) < 4.78 is 0. The lowest BCUT2D eigenvalue weighted by molar-refractivity contribution is -0.108. The van der Waals surface area contributed by atoms with Crippen LogP contribution in [0.5, 0.6) is 0 Å². The van der Waals surface area contributed by atoms with Gasteiger partial charge in [-0.2, -0.15) is 0 Å². The lowest BCUT2D eigenvalue weighted by Gasteiger charge is -2.29. The van der Waals surface area contributed by atoms with Gasteiger partial charge in [-0.05, 0) is 31.2 Å². The Morgan fingerprint density at radius 1 is 1.33 bits per heavy atom. The van der Waals surface area contributed by atoms with Crippen LogP contribution in [0.4, 0.5) is 0 Å². The van der Waals surface area contributed by atoms with E-state index in [1.807, 2.05) is 0 Å². The summed E-state index contributed by atoms with van der Waals surface area (Å²) in [6.45, 7) is 1.12. The van der Waals surface area contributed by atoms with E-state index in [2.05, 4.69) is 5.32 Å². The smallest absolute Gasteiger partial charge is 0.121 e. The van der Waals surface area contributed by atoms with Crippen LogP contribution in [-0.2, 0) is 4.79 Å². The first-order chi connectivity index (χ1) is 5.87. The van der Waals surface area contributed by atoms with Crippen LogP contribution in [0, 0.1) is 5.41 Å². The van der Waals surface area contributed by atoms with Gasteiger partial charge < -0.3 is 10.1 Å². The molecule has 2 aliphatic rings. The third-order valence-electron chi connectivity index (χ3n) is 3.68. The van der Waals surface area contributed by atoms with E-state index in [1.165, 1.54) is 32.1 Å². The van der Waals surface area contributed by atoms with Gasteiger partial charge in [0.25, 0.3) is 0 Å². The van der Waals surface area contributed by atoms with E-state index >= 15 is 0 Å². The van der Waals surface area contributed by atoms with Crippen molar-refractivity contribution in [2.24, 2.45) is 5.41 Å². The van der Waals surface area contributed by atoms with Crippen LogP contribution in [0.3, 0.4) is 0 Å². The van der Waals surface area contributed by atoms with Crippen molar-refractivity contribution in [3.05, 3.63) is 0 Å². The molecule has 2 heteroatoms. The highest BCUT2D eigenvalue weighted by Crippen LogP contribution is 2.47. The summed E-state index contributed by atoms with van der Waals surface area (Å²) in [5.74, 6) is 0. The zero-order chi connectivity index (χ0) is 8.44. The van der Waals surface area contributed by atoms with Gasteiger partial charge >= 0.3 is 0 Å². The van der Waals surface area contributed by atoms with Gasteiger partial charge in [0.2, 0.25) is 0 Å². The van der Waals surface area contributed by atoms with E-state index in [9.17, 15) is 4.79 Å². The molecule has 1 N–H and O–H groups in total. The van der Waals surface area contributed by atoms with Crippen molar-refractivity contribution in [2.45, 2.75) is 44.6 Å². The van der Waals surface area contributed by atoms with Crippen LogP contribution in [0.2, 0.25) is 0 Å². The Hall–Kier alpha value is -0.370. The molecule has 1 aliphatic heterocycles. The summed E-state index contributed by atoms with van der Waals surface area (Å²) in [5, 5.41) is 3.46. The van der Waals surface area contributed by atoms with E-state index < -0.39 is 0 Å². The molecule has 68 valence electrons. The van der Waals surface area contributed by atoms with E-state index in [-0.39, 0.29) is 0 Å². The monoisotopic (exact) mass is 167 g/mol. The Labute approximate surface area is 73.7 Å². The number of hydrogen-bond acceptors (Lipinski definition) is 2. The maximum Gasteiger partial charge on any atom is 0.121 e. The highest BCUT2D eigenvalue weighted by molar-refractivity contribution is 5.51. The SMILES string of the molecule is O=CC[C@H]1NCCC12CCCC2. The molecule has 12 heavy (non-hydrogen) atoms. The first-order valence-corrected chi connectivity index (χ1v) is 5.04. The van der Waals surface area contributed by atoms with Gasteiger partial charge in [-0.15, -0.1) is 0 Å². The largest absolute Gasteiger partial charge is 0.313 e. The predicted octanol–water partition coefficient (Wildman–Crippen LogP) is 1.50. The molecule has 1 spiro atoms. The first kappa shape index (κ1) is 8.24. The fraction of sp³-hybridized carbons (Fsp3) is 0.900. The Morgan fingerprint density at radius 2 is 2.08 bits per heavy atom. The zero-order valence-electron chi connectivity index (χ0n) is 7.51. The van der Waals surface area contributed by atoms with Crippen LogP contribution in [0.1, 0.15) is 38.5 Å². The van der Waals surface area contributed by atoms with Crippen molar-refractivity contribution in [1.82, 2.24) is 5.32 Å². The summed E-state index contributed by atoms with van der Waals surface area (Å²) in [5.41, 5.74) is 0.515. The maximum atomic E-state index is 10.5. The molecule has 1 aliphatic carbocycles. The maximum absolute atomic E-state index is 10.5. The second-order valence-corrected chi connectivity index (χ2v) is 4.23. The normalized spacial score (nSPS) is 32.8. The molecular formula is C10H17NO. The first-order valence-electron chi connectivity index (χ1n) is 5.04. The number of rotatable bonds is 2. The molecule has 0 unspecified atom stereocenters. The second-order valence-electron chi connectivity index (χ2n) is 4.23. The average Bonchev–Trinajstić information content (AvgIpc) is 2.66. The van der Waals surface area contributed by atoms with Crippen molar-refractivity contribution in [3.8, 4) is 0 Å². The Kier molecular flexibility index (Phi) is 2.18. The van der Waals surface area contributed by atoms with Gasteiger partial charge in [-0.1, -0.05) is 12.8 Å². The highest BCUT2D eigenvalue weighted by atomic mass is 16.1. The molecule has 0 aromatic carbocycles. The fourth-order valence-electron chi connectivity index (χ4n) is 2.99. The third kappa shape index (κ3) is 1.18. The molecule has 0 radical (unpaired) electrons. The second kappa shape index (κ2) is 3.17. The summed E-state index contributed by atoms with van der Waals surface area (Å²) >= 11 is 0. The van der Waals surface area contributed by atoms with Gasteiger partial charge in [-0.3, -0.25) is 0 Å². The van der Waals surface area contributed by atoms with Crippen LogP contribution >= 0.6 is 0 Å². The van der Waals surface area contributed by atoms with E-state index in [1.54, 1.807) is 0 Å². The Morgan fingerprint density at radius 3 is 2.75 bits per heavy atom. The molecule has 0 amide bonds. The van der Waals surface area contributed by atoms with Gasteiger partial charge in [0, 0.05) is 12.5 Å². The molecule has 0 aromatic rings. The van der Waals surface area contributed by atoms with Gasteiger partial charge in [0.05, 0.1) is 0 Å². The van der Waals surface area contributed by atoms with E-state index in [4.69, 9.17) is 0 Å². The van der Waals surface area contributed by atoms with E-state index in [0.29, 0.717) is 11.5 Å². The number of nitrogens with one attached hydrogen (secondary N) is 1. The fourth-order valence-corrected chi connectivity index (χ4v) is 2.99. The minimum absolute atomic E-state index is 0.498. The number of aldehydes is 1. The van der Waals surface area contributed by atoms with Gasteiger partial charge in [-0.25, -0.2) is 0 Å². The summed E-state index contributed by atoms with van der Waals surface area (Å²) in [7, 11) is 0. The average molecular weight is 167 g/mol. The van der Waals surface area contributed by atoms with Gasteiger partial charge in [0.1, 0.15) is 6.29 Å².